The molecule has 0 saturated carbocycles. The van der Waals surface area contributed by atoms with Crippen LogP contribution in [0.15, 0.2) is 35.3 Å². The van der Waals surface area contributed by atoms with Gasteiger partial charge in [-0.25, -0.2) is 0 Å². The lowest BCUT2D eigenvalue weighted by Crippen LogP contribution is -2.40. The lowest BCUT2D eigenvalue weighted by molar-refractivity contribution is 0.265. The van der Waals surface area contributed by atoms with E-state index in [-0.39, 0.29) is 36.5 Å². The third kappa shape index (κ3) is 8.22. The van der Waals surface area contributed by atoms with E-state index in [1.54, 1.807) is 0 Å². The van der Waals surface area contributed by atoms with Crippen molar-refractivity contribution >= 4 is 29.9 Å². The summed E-state index contributed by atoms with van der Waals surface area (Å²) in [7, 11) is 0. The van der Waals surface area contributed by atoms with Crippen molar-refractivity contribution in [3.8, 4) is 0 Å². The molecular weight excluding hydrogens is 439 g/mol. The molecule has 26 heavy (non-hydrogen) atoms. The van der Waals surface area contributed by atoms with Crippen LogP contribution in [-0.4, -0.2) is 61.8 Å². The summed E-state index contributed by atoms with van der Waals surface area (Å²) in [5.41, 5.74) is 1.15. The minimum atomic E-state index is 0. The Hall–Kier alpha value is -0.860. The molecule has 1 aliphatic heterocycles. The van der Waals surface area contributed by atoms with Gasteiger partial charge < -0.3 is 20.6 Å². The molecule has 0 aromatic heterocycles. The molecule has 6 heteroatoms. The van der Waals surface area contributed by atoms with E-state index in [1.807, 2.05) is 18.2 Å². The summed E-state index contributed by atoms with van der Waals surface area (Å²) in [5.74, 6) is 1.47. The van der Waals surface area contributed by atoms with Gasteiger partial charge in [-0.2, -0.15) is 0 Å². The van der Waals surface area contributed by atoms with Gasteiger partial charge >= 0.3 is 0 Å². The number of aliphatic imine (C=N–C) groups is 1. The molecule has 0 bridgehead atoms. The second kappa shape index (κ2) is 13.3. The van der Waals surface area contributed by atoms with Crippen LogP contribution in [0.1, 0.15) is 38.2 Å². The molecule has 1 aliphatic rings. The maximum Gasteiger partial charge on any atom is 0.191 e. The lowest BCUT2D eigenvalue weighted by atomic mass is 10.0. The normalized spacial score (nSPS) is 17.4. The van der Waals surface area contributed by atoms with Crippen molar-refractivity contribution in [2.24, 2.45) is 10.9 Å². The van der Waals surface area contributed by atoms with Gasteiger partial charge in [-0.1, -0.05) is 37.3 Å². The van der Waals surface area contributed by atoms with Crippen LogP contribution < -0.4 is 10.6 Å². The summed E-state index contributed by atoms with van der Waals surface area (Å²) >= 11 is 0. The number of aliphatic hydroxyl groups excluding tert-OH is 1. The van der Waals surface area contributed by atoms with Crippen molar-refractivity contribution in [1.29, 1.82) is 0 Å². The topological polar surface area (TPSA) is 59.9 Å². The number of hydrogen-bond donors (Lipinski definition) is 3. The highest BCUT2D eigenvalue weighted by molar-refractivity contribution is 14.0. The average Bonchev–Trinajstić information content (AvgIpc) is 3.14. The van der Waals surface area contributed by atoms with Gasteiger partial charge in [0.15, 0.2) is 5.96 Å². The van der Waals surface area contributed by atoms with Crippen molar-refractivity contribution in [2.75, 3.05) is 45.9 Å². The quantitative estimate of drug-likeness (QED) is 0.293. The predicted octanol–water partition coefficient (Wildman–Crippen LogP) is 2.67. The SMILES string of the molecule is CCNC(=NCC(C)CN1CCCC1)NCC(CO)c1ccccc1.I. The van der Waals surface area contributed by atoms with E-state index < -0.39 is 0 Å². The minimum absolute atomic E-state index is 0. The zero-order valence-corrected chi connectivity index (χ0v) is 18.5. The molecule has 3 N–H and O–H groups in total. The zero-order chi connectivity index (χ0) is 17.9. The van der Waals surface area contributed by atoms with Crippen LogP contribution in [0.4, 0.5) is 0 Å². The van der Waals surface area contributed by atoms with Crippen molar-refractivity contribution in [2.45, 2.75) is 32.6 Å². The van der Waals surface area contributed by atoms with Gasteiger partial charge in [0.25, 0.3) is 0 Å². The highest BCUT2D eigenvalue weighted by Gasteiger charge is 2.15. The van der Waals surface area contributed by atoms with Crippen LogP contribution in [0.25, 0.3) is 0 Å². The van der Waals surface area contributed by atoms with Crippen LogP contribution in [-0.2, 0) is 0 Å². The summed E-state index contributed by atoms with van der Waals surface area (Å²) in [5, 5.41) is 16.4. The van der Waals surface area contributed by atoms with Crippen molar-refractivity contribution in [1.82, 2.24) is 15.5 Å². The standard InChI is InChI=1S/C20H34N4O.HI/c1-3-21-20(22-13-17(2)15-24-11-7-8-12-24)23-14-19(16-25)18-9-5-4-6-10-18;/h4-6,9-10,17,19,25H,3,7-8,11-16H2,1-2H3,(H2,21,22,23);1H. The molecule has 2 unspecified atom stereocenters. The van der Waals surface area contributed by atoms with Gasteiger partial charge in [0.2, 0.25) is 0 Å². The van der Waals surface area contributed by atoms with Crippen molar-refractivity contribution < 1.29 is 5.11 Å². The number of nitrogens with one attached hydrogen (secondary N) is 2. The number of aliphatic hydroxyl groups is 1. The monoisotopic (exact) mass is 474 g/mol. The summed E-state index contributed by atoms with van der Waals surface area (Å²) in [6, 6.07) is 10.1. The molecule has 0 spiro atoms. The van der Waals surface area contributed by atoms with E-state index in [4.69, 9.17) is 4.99 Å². The van der Waals surface area contributed by atoms with E-state index in [0.29, 0.717) is 12.5 Å². The molecule has 1 aromatic carbocycles. The first-order chi connectivity index (χ1) is 12.2. The smallest absolute Gasteiger partial charge is 0.191 e. The second-order valence-electron chi connectivity index (χ2n) is 7.00. The summed E-state index contributed by atoms with van der Waals surface area (Å²) < 4.78 is 0. The molecule has 0 amide bonds. The minimum Gasteiger partial charge on any atom is -0.396 e. The Morgan fingerprint density at radius 1 is 1.19 bits per heavy atom. The van der Waals surface area contributed by atoms with Gasteiger partial charge in [-0.3, -0.25) is 4.99 Å². The highest BCUT2D eigenvalue weighted by Crippen LogP contribution is 2.13. The number of likely N-dealkylation sites (tertiary alicyclic amines) is 1. The fourth-order valence-corrected chi connectivity index (χ4v) is 3.29. The second-order valence-corrected chi connectivity index (χ2v) is 7.00. The molecule has 0 aliphatic carbocycles. The van der Waals surface area contributed by atoms with E-state index in [0.717, 1.165) is 31.2 Å². The molecule has 5 nitrogen and oxygen atoms in total. The van der Waals surface area contributed by atoms with Gasteiger partial charge in [0, 0.05) is 32.1 Å². The molecule has 148 valence electrons. The molecular formula is C20H35IN4O. The highest BCUT2D eigenvalue weighted by atomic mass is 127. The summed E-state index contributed by atoms with van der Waals surface area (Å²) in [4.78, 5) is 7.28. The Bertz CT molecular complexity index is 506. The Balaban J connectivity index is 0.00000338. The summed E-state index contributed by atoms with van der Waals surface area (Å²) in [6.45, 7) is 10.4. The lowest BCUT2D eigenvalue weighted by Gasteiger charge is -2.20. The number of rotatable bonds is 9. The first kappa shape index (κ1) is 23.2. The maximum atomic E-state index is 9.69. The number of hydrogen-bond acceptors (Lipinski definition) is 3. The Morgan fingerprint density at radius 3 is 2.50 bits per heavy atom. The third-order valence-electron chi connectivity index (χ3n) is 4.68. The van der Waals surface area contributed by atoms with E-state index in [1.165, 1.54) is 25.9 Å². The first-order valence-corrected chi connectivity index (χ1v) is 9.63. The Labute approximate surface area is 175 Å². The van der Waals surface area contributed by atoms with Crippen LogP contribution in [0.3, 0.4) is 0 Å². The molecule has 1 heterocycles. The number of nitrogens with zero attached hydrogens (tertiary/aromatic N) is 2. The molecule has 1 saturated heterocycles. The molecule has 1 aromatic rings. The Morgan fingerprint density at radius 2 is 1.88 bits per heavy atom. The number of benzene rings is 1. The average molecular weight is 474 g/mol. The molecule has 0 radical (unpaired) electrons. The molecule has 1 fully saturated rings. The van der Waals surface area contributed by atoms with Gasteiger partial charge in [0.1, 0.15) is 0 Å². The third-order valence-corrected chi connectivity index (χ3v) is 4.68. The van der Waals surface area contributed by atoms with Crippen LogP contribution >= 0.6 is 24.0 Å². The van der Waals surface area contributed by atoms with Crippen LogP contribution in [0, 0.1) is 5.92 Å². The first-order valence-electron chi connectivity index (χ1n) is 9.63. The van der Waals surface area contributed by atoms with E-state index >= 15 is 0 Å². The number of halogens is 1. The van der Waals surface area contributed by atoms with Crippen molar-refractivity contribution in [3.05, 3.63) is 35.9 Å². The van der Waals surface area contributed by atoms with Gasteiger partial charge in [-0.05, 0) is 44.3 Å². The van der Waals surface area contributed by atoms with E-state index in [9.17, 15) is 5.11 Å². The van der Waals surface area contributed by atoms with E-state index in [2.05, 4.69) is 41.5 Å². The fourth-order valence-electron chi connectivity index (χ4n) is 3.29. The maximum absolute atomic E-state index is 9.69. The van der Waals surface area contributed by atoms with Gasteiger partial charge in [0.05, 0.1) is 6.61 Å². The predicted molar refractivity (Wildman–Crippen MR) is 121 cm³/mol. The van der Waals surface area contributed by atoms with Crippen LogP contribution in [0.2, 0.25) is 0 Å². The van der Waals surface area contributed by atoms with Crippen molar-refractivity contribution in [3.63, 3.8) is 0 Å². The Kier molecular flexibility index (Phi) is 11.9. The molecule has 2 atom stereocenters. The number of guanidine groups is 1. The molecule has 2 rings (SSSR count). The fraction of sp³-hybridized carbons (Fsp3) is 0.650. The largest absolute Gasteiger partial charge is 0.396 e. The summed E-state index contributed by atoms with van der Waals surface area (Å²) in [6.07, 6.45) is 2.67. The zero-order valence-electron chi connectivity index (χ0n) is 16.2. The van der Waals surface area contributed by atoms with Gasteiger partial charge in [-0.15, -0.1) is 24.0 Å². The van der Waals surface area contributed by atoms with Crippen LogP contribution in [0.5, 0.6) is 0 Å².